The Morgan fingerprint density at radius 2 is 1.69 bits per heavy atom. The maximum Gasteiger partial charge on any atom is 0.127 e. The van der Waals surface area contributed by atoms with Crippen molar-refractivity contribution in [3.63, 3.8) is 0 Å². The highest BCUT2D eigenvalue weighted by Gasteiger charge is 2.56. The molecule has 4 aliphatic heterocycles. The Bertz CT molecular complexity index is 215. The van der Waals surface area contributed by atoms with E-state index in [1.54, 1.807) is 9.80 Å². The van der Waals surface area contributed by atoms with Crippen molar-refractivity contribution in [3.8, 4) is 0 Å². The molecule has 3 N–H and O–H groups in total. The van der Waals surface area contributed by atoms with Crippen molar-refractivity contribution in [3.05, 3.63) is 0 Å². The van der Waals surface area contributed by atoms with E-state index in [0.717, 1.165) is 0 Å². The Labute approximate surface area is 79.3 Å². The Hall–Kier alpha value is -0.120. The number of aliphatic hydroxyl groups excluding tert-OH is 1. The summed E-state index contributed by atoms with van der Waals surface area (Å²) in [5.41, 5.74) is 0.225. The molecule has 3 heteroatoms. The predicted molar refractivity (Wildman–Crippen MR) is 48.7 cm³/mol. The number of quaternary nitrogens is 2. The molecule has 4 fully saturated rings. The maximum absolute atomic E-state index is 10.2. The summed E-state index contributed by atoms with van der Waals surface area (Å²) in [7, 11) is 0. The molecule has 2 unspecified atom stereocenters. The van der Waals surface area contributed by atoms with Crippen molar-refractivity contribution in [1.29, 1.82) is 0 Å². The lowest BCUT2D eigenvalue weighted by Gasteiger charge is -2.46. The minimum absolute atomic E-state index is 0.0156. The Kier molecular flexibility index (Phi) is 1.56. The van der Waals surface area contributed by atoms with Gasteiger partial charge in [-0.15, -0.1) is 0 Å². The van der Waals surface area contributed by atoms with Crippen molar-refractivity contribution in [2.24, 2.45) is 11.3 Å². The monoisotopic (exact) mass is 184 g/mol. The van der Waals surface area contributed by atoms with Gasteiger partial charge in [0, 0.05) is 0 Å². The molecular formula is C10H20N2O+2. The zero-order valence-electron chi connectivity index (χ0n) is 8.34. The van der Waals surface area contributed by atoms with Gasteiger partial charge < -0.3 is 14.9 Å². The van der Waals surface area contributed by atoms with Crippen LogP contribution in [0.2, 0.25) is 0 Å². The van der Waals surface area contributed by atoms with Crippen LogP contribution in [0.5, 0.6) is 0 Å². The van der Waals surface area contributed by atoms with E-state index >= 15 is 0 Å². The molecule has 0 aromatic heterocycles. The van der Waals surface area contributed by atoms with Crippen LogP contribution in [-0.4, -0.2) is 50.5 Å². The molecule has 0 radical (unpaired) electrons. The third-order valence-electron chi connectivity index (χ3n) is 4.40. The first-order chi connectivity index (χ1) is 6.17. The standard InChI is InChI=1S/C10H18N2O/c1-10-6-11-2-3-12(7-10)5-8(4-11)9(10)13/h8-9,13H,2-7H2,1H3/p+2/t8?,9-,10?/m0/s1. The van der Waals surface area contributed by atoms with Crippen LogP contribution < -0.4 is 9.80 Å². The van der Waals surface area contributed by atoms with Crippen molar-refractivity contribution >= 4 is 0 Å². The zero-order chi connectivity index (χ0) is 9.05. The molecular weight excluding hydrogens is 164 g/mol. The van der Waals surface area contributed by atoms with Gasteiger partial charge in [-0.05, 0) is 6.92 Å². The summed E-state index contributed by atoms with van der Waals surface area (Å²) < 4.78 is 0. The topological polar surface area (TPSA) is 29.1 Å². The summed E-state index contributed by atoms with van der Waals surface area (Å²) in [6, 6.07) is 0. The van der Waals surface area contributed by atoms with E-state index in [1.807, 2.05) is 0 Å². The number of aliphatic hydroxyl groups is 1. The third-order valence-corrected chi connectivity index (χ3v) is 4.40. The van der Waals surface area contributed by atoms with Crippen molar-refractivity contribution in [1.82, 2.24) is 0 Å². The van der Waals surface area contributed by atoms with Gasteiger partial charge in [0.1, 0.15) is 13.1 Å². The number of nitrogens with one attached hydrogen (secondary N) is 2. The van der Waals surface area contributed by atoms with E-state index in [1.165, 1.54) is 39.3 Å². The van der Waals surface area contributed by atoms with E-state index < -0.39 is 0 Å². The molecule has 4 saturated heterocycles. The Balaban J connectivity index is 1.98. The van der Waals surface area contributed by atoms with Crippen LogP contribution in [-0.2, 0) is 0 Å². The summed E-state index contributed by atoms with van der Waals surface area (Å²) >= 11 is 0. The molecule has 4 heterocycles. The average molecular weight is 184 g/mol. The van der Waals surface area contributed by atoms with Crippen LogP contribution in [0.3, 0.4) is 0 Å². The van der Waals surface area contributed by atoms with Gasteiger partial charge in [-0.3, -0.25) is 0 Å². The van der Waals surface area contributed by atoms with Gasteiger partial charge in [0.05, 0.1) is 43.6 Å². The second-order valence-corrected chi connectivity index (χ2v) is 5.62. The second-order valence-electron chi connectivity index (χ2n) is 5.62. The van der Waals surface area contributed by atoms with Crippen molar-refractivity contribution in [2.45, 2.75) is 13.0 Å². The highest BCUT2D eigenvalue weighted by molar-refractivity contribution is 4.92. The summed E-state index contributed by atoms with van der Waals surface area (Å²) in [5.74, 6) is 0.583. The average Bonchev–Trinajstić information content (AvgIpc) is 2.28. The first-order valence-corrected chi connectivity index (χ1v) is 5.53. The molecule has 3 nitrogen and oxygen atoms in total. The predicted octanol–water partition coefficient (Wildman–Crippen LogP) is -3.22. The lowest BCUT2D eigenvalue weighted by molar-refractivity contribution is -0.918. The first-order valence-electron chi connectivity index (χ1n) is 5.53. The zero-order valence-corrected chi connectivity index (χ0v) is 8.34. The van der Waals surface area contributed by atoms with Crippen LogP contribution in [0.4, 0.5) is 0 Å². The normalized spacial score (nSPS) is 59.5. The third kappa shape index (κ3) is 1.07. The summed E-state index contributed by atoms with van der Waals surface area (Å²) in [4.78, 5) is 3.48. The van der Waals surface area contributed by atoms with E-state index in [-0.39, 0.29) is 11.5 Å². The molecule has 13 heavy (non-hydrogen) atoms. The minimum atomic E-state index is -0.0156. The van der Waals surface area contributed by atoms with E-state index in [0.29, 0.717) is 5.92 Å². The largest absolute Gasteiger partial charge is 0.391 e. The van der Waals surface area contributed by atoms with Gasteiger partial charge in [0.15, 0.2) is 0 Å². The lowest BCUT2D eigenvalue weighted by atomic mass is 9.71. The number of hydrogen-bond acceptors (Lipinski definition) is 1. The van der Waals surface area contributed by atoms with Crippen molar-refractivity contribution < 1.29 is 14.9 Å². The molecule has 0 aliphatic carbocycles. The van der Waals surface area contributed by atoms with Gasteiger partial charge in [0.25, 0.3) is 0 Å². The molecule has 0 aromatic rings. The first kappa shape index (κ1) is 8.21. The second kappa shape index (κ2) is 2.47. The minimum Gasteiger partial charge on any atom is -0.391 e. The summed E-state index contributed by atoms with van der Waals surface area (Å²) in [6.07, 6.45) is -0.0156. The van der Waals surface area contributed by atoms with E-state index in [9.17, 15) is 5.11 Å². The lowest BCUT2D eigenvalue weighted by Crippen LogP contribution is -3.17. The number of hydrogen-bond donors (Lipinski definition) is 3. The van der Waals surface area contributed by atoms with Crippen molar-refractivity contribution in [2.75, 3.05) is 39.3 Å². The van der Waals surface area contributed by atoms with Gasteiger partial charge >= 0.3 is 0 Å². The Morgan fingerprint density at radius 1 is 1.15 bits per heavy atom. The molecule has 74 valence electrons. The van der Waals surface area contributed by atoms with E-state index in [4.69, 9.17) is 0 Å². The number of fused-ring (bicyclic) bond motifs is 1. The molecule has 0 spiro atoms. The molecule has 0 amide bonds. The smallest absolute Gasteiger partial charge is 0.127 e. The van der Waals surface area contributed by atoms with Crippen LogP contribution in [0.1, 0.15) is 6.92 Å². The molecule has 4 rings (SSSR count). The molecule has 4 aliphatic rings. The highest BCUT2D eigenvalue weighted by Crippen LogP contribution is 2.28. The van der Waals surface area contributed by atoms with Crippen LogP contribution in [0.25, 0.3) is 0 Å². The fourth-order valence-corrected chi connectivity index (χ4v) is 3.90. The summed E-state index contributed by atoms with van der Waals surface area (Å²) in [5, 5.41) is 10.2. The molecule has 3 atom stereocenters. The fraction of sp³-hybridized carbons (Fsp3) is 1.00. The molecule has 4 bridgehead atoms. The number of rotatable bonds is 0. The van der Waals surface area contributed by atoms with Gasteiger partial charge in [-0.25, -0.2) is 0 Å². The van der Waals surface area contributed by atoms with Crippen LogP contribution >= 0.6 is 0 Å². The molecule has 0 aromatic carbocycles. The quantitative estimate of drug-likeness (QED) is 0.363. The fourth-order valence-electron chi connectivity index (χ4n) is 3.90. The van der Waals surface area contributed by atoms with Crippen LogP contribution in [0, 0.1) is 11.3 Å². The van der Waals surface area contributed by atoms with Gasteiger partial charge in [0.2, 0.25) is 0 Å². The SMILES string of the molecule is CC12C[NH+]3CC[NH+](CC(C3)[C@@H]1O)C2. The molecule has 0 saturated carbocycles. The number of piperidine rings is 2. The van der Waals surface area contributed by atoms with Gasteiger partial charge in [-0.2, -0.15) is 0 Å². The van der Waals surface area contributed by atoms with E-state index in [2.05, 4.69) is 6.92 Å². The maximum atomic E-state index is 10.2. The Morgan fingerprint density at radius 3 is 2.15 bits per heavy atom. The van der Waals surface area contributed by atoms with Crippen LogP contribution in [0.15, 0.2) is 0 Å². The summed E-state index contributed by atoms with van der Waals surface area (Å²) in [6.45, 7) is 9.79. The highest BCUT2D eigenvalue weighted by atomic mass is 16.3. The van der Waals surface area contributed by atoms with Gasteiger partial charge in [-0.1, -0.05) is 0 Å².